The molecule has 0 atom stereocenters. The van der Waals surface area contributed by atoms with Crippen molar-refractivity contribution in [2.75, 3.05) is 26.2 Å². The zero-order chi connectivity index (χ0) is 17.1. The van der Waals surface area contributed by atoms with Gasteiger partial charge in [-0.3, -0.25) is 4.90 Å². The summed E-state index contributed by atoms with van der Waals surface area (Å²) in [6.07, 6.45) is 13.7. The number of ether oxygens (including phenoxy) is 1. The Hall–Kier alpha value is -1.74. The predicted octanol–water partition coefficient (Wildman–Crippen LogP) is 4.31. The third kappa shape index (κ3) is 7.89. The van der Waals surface area contributed by atoms with Crippen LogP contribution >= 0.6 is 0 Å². The molecule has 1 aliphatic heterocycles. The minimum atomic E-state index is 0.703. The summed E-state index contributed by atoms with van der Waals surface area (Å²) in [5.41, 5.74) is 8.76. The molecule has 0 aromatic rings. The van der Waals surface area contributed by atoms with Crippen LogP contribution in [0.25, 0.3) is 0 Å². The van der Waals surface area contributed by atoms with E-state index in [1.54, 1.807) is 0 Å². The third-order valence-electron chi connectivity index (χ3n) is 3.91. The van der Waals surface area contributed by atoms with Crippen molar-refractivity contribution in [2.45, 2.75) is 40.0 Å². The molecule has 0 unspecified atom stereocenters. The largest absolute Gasteiger partial charge is 0.497 e. The smallest absolute Gasteiger partial charge is 0.100 e. The first kappa shape index (κ1) is 19.3. The van der Waals surface area contributed by atoms with Gasteiger partial charge in [0.05, 0.1) is 5.76 Å². The van der Waals surface area contributed by atoms with E-state index in [0.717, 1.165) is 30.1 Å². The molecule has 1 heterocycles. The van der Waals surface area contributed by atoms with Crippen molar-refractivity contribution >= 4 is 0 Å². The Morgan fingerprint density at radius 1 is 1.13 bits per heavy atom. The highest BCUT2D eigenvalue weighted by Crippen LogP contribution is 2.14. The first-order valence-corrected chi connectivity index (χ1v) is 8.53. The minimum Gasteiger partial charge on any atom is -0.497 e. The summed E-state index contributed by atoms with van der Waals surface area (Å²) in [5.74, 6) is 0.886. The monoisotopic (exact) mass is 316 g/mol. The lowest BCUT2D eigenvalue weighted by atomic mass is 10.1. The fraction of sp³-hybridized carbons (Fsp3) is 0.500. The van der Waals surface area contributed by atoms with E-state index in [4.69, 9.17) is 10.5 Å². The van der Waals surface area contributed by atoms with Gasteiger partial charge < -0.3 is 10.5 Å². The molecule has 0 amide bonds. The number of nitrogens with zero attached hydrogens (tertiary/aromatic N) is 1. The van der Waals surface area contributed by atoms with Crippen LogP contribution in [0.1, 0.15) is 40.0 Å². The normalized spacial score (nSPS) is 18.5. The van der Waals surface area contributed by atoms with Crippen molar-refractivity contribution in [3.8, 4) is 0 Å². The van der Waals surface area contributed by atoms with E-state index in [1.165, 1.54) is 32.4 Å². The number of nitrogens with two attached hydrogens (primary N) is 1. The number of likely N-dealkylation sites (tertiary alicyclic amines) is 1. The number of rotatable bonds is 8. The Balaban J connectivity index is 2.50. The average molecular weight is 316 g/mol. The van der Waals surface area contributed by atoms with Crippen molar-refractivity contribution in [3.63, 3.8) is 0 Å². The Bertz CT molecular complexity index is 492. The van der Waals surface area contributed by atoms with Gasteiger partial charge in [-0.15, -0.1) is 0 Å². The number of hydrogen-bond acceptors (Lipinski definition) is 3. The van der Waals surface area contributed by atoms with E-state index in [1.807, 2.05) is 51.2 Å². The lowest BCUT2D eigenvalue weighted by Crippen LogP contribution is -2.32. The second-order valence-electron chi connectivity index (χ2n) is 6.04. The molecule has 0 bridgehead atoms. The Morgan fingerprint density at radius 3 is 2.43 bits per heavy atom. The summed E-state index contributed by atoms with van der Waals surface area (Å²) in [5, 5.41) is 0. The summed E-state index contributed by atoms with van der Waals surface area (Å²) in [4.78, 5) is 2.47. The molecule has 1 aliphatic rings. The van der Waals surface area contributed by atoms with Crippen LogP contribution in [0.2, 0.25) is 0 Å². The minimum absolute atomic E-state index is 0.703. The first-order chi connectivity index (χ1) is 11.0. The van der Waals surface area contributed by atoms with E-state index in [2.05, 4.69) is 11.5 Å². The number of piperidine rings is 1. The molecule has 1 saturated heterocycles. The van der Waals surface area contributed by atoms with E-state index in [9.17, 15) is 0 Å². The van der Waals surface area contributed by atoms with Gasteiger partial charge in [0.15, 0.2) is 0 Å². The highest BCUT2D eigenvalue weighted by atomic mass is 16.5. The fourth-order valence-electron chi connectivity index (χ4n) is 2.54. The van der Waals surface area contributed by atoms with Gasteiger partial charge >= 0.3 is 0 Å². The molecule has 0 saturated carbocycles. The van der Waals surface area contributed by atoms with Gasteiger partial charge in [0.1, 0.15) is 6.61 Å². The van der Waals surface area contributed by atoms with Gasteiger partial charge in [-0.25, -0.2) is 0 Å². The van der Waals surface area contributed by atoms with Gasteiger partial charge in [-0.05, 0) is 70.0 Å². The van der Waals surface area contributed by atoms with E-state index < -0.39 is 0 Å². The summed E-state index contributed by atoms with van der Waals surface area (Å²) >= 11 is 0. The van der Waals surface area contributed by atoms with E-state index >= 15 is 0 Å². The molecule has 0 radical (unpaired) electrons. The lowest BCUT2D eigenvalue weighted by molar-refractivity contribution is 0.144. The number of allylic oxidation sites excluding steroid dienone is 7. The second-order valence-corrected chi connectivity index (χ2v) is 6.04. The molecule has 0 aromatic carbocycles. The van der Waals surface area contributed by atoms with Crippen LogP contribution in [0.4, 0.5) is 0 Å². The van der Waals surface area contributed by atoms with Crippen LogP contribution in [-0.4, -0.2) is 31.1 Å². The summed E-state index contributed by atoms with van der Waals surface area (Å²) < 4.78 is 5.78. The van der Waals surface area contributed by atoms with Crippen molar-refractivity contribution in [1.29, 1.82) is 0 Å². The molecule has 128 valence electrons. The molecule has 23 heavy (non-hydrogen) atoms. The second kappa shape index (κ2) is 10.9. The molecule has 0 aliphatic carbocycles. The van der Waals surface area contributed by atoms with Crippen LogP contribution in [0.15, 0.2) is 59.6 Å². The molecule has 3 heteroatoms. The SMILES string of the molecule is C=C(C)C(=C\C=C/C)/C(N)=C\C=C(/C)OCCN1CCCCC1. The maximum Gasteiger partial charge on any atom is 0.100 e. The van der Waals surface area contributed by atoms with Crippen molar-refractivity contribution in [2.24, 2.45) is 5.73 Å². The summed E-state index contributed by atoms with van der Waals surface area (Å²) in [6, 6.07) is 0. The fourth-order valence-corrected chi connectivity index (χ4v) is 2.54. The van der Waals surface area contributed by atoms with Gasteiger partial charge in [0.2, 0.25) is 0 Å². The van der Waals surface area contributed by atoms with Gasteiger partial charge in [-0.2, -0.15) is 0 Å². The maximum absolute atomic E-state index is 6.14. The lowest BCUT2D eigenvalue weighted by Gasteiger charge is -2.26. The maximum atomic E-state index is 6.14. The van der Waals surface area contributed by atoms with Crippen molar-refractivity contribution < 1.29 is 4.74 Å². The first-order valence-electron chi connectivity index (χ1n) is 8.53. The zero-order valence-corrected chi connectivity index (χ0v) is 15.0. The van der Waals surface area contributed by atoms with Crippen molar-refractivity contribution in [1.82, 2.24) is 4.90 Å². The Morgan fingerprint density at radius 2 is 1.83 bits per heavy atom. The third-order valence-corrected chi connectivity index (χ3v) is 3.91. The zero-order valence-electron chi connectivity index (χ0n) is 15.0. The van der Waals surface area contributed by atoms with Gasteiger partial charge in [0.25, 0.3) is 0 Å². The van der Waals surface area contributed by atoms with Crippen LogP contribution in [0.5, 0.6) is 0 Å². The quantitative estimate of drug-likeness (QED) is 0.535. The van der Waals surface area contributed by atoms with Gasteiger partial charge in [-0.1, -0.05) is 31.2 Å². The highest BCUT2D eigenvalue weighted by molar-refractivity contribution is 5.45. The Kier molecular flexibility index (Phi) is 9.15. The van der Waals surface area contributed by atoms with Crippen LogP contribution < -0.4 is 5.73 Å². The van der Waals surface area contributed by atoms with Crippen LogP contribution in [0.3, 0.4) is 0 Å². The van der Waals surface area contributed by atoms with Crippen molar-refractivity contribution in [3.05, 3.63) is 59.6 Å². The molecule has 1 fully saturated rings. The molecular formula is C20H32N2O. The molecule has 0 spiro atoms. The molecule has 1 rings (SSSR count). The average Bonchev–Trinajstić information content (AvgIpc) is 2.54. The molecule has 3 nitrogen and oxygen atoms in total. The predicted molar refractivity (Wildman–Crippen MR) is 100.0 cm³/mol. The highest BCUT2D eigenvalue weighted by Gasteiger charge is 2.09. The molecular weight excluding hydrogens is 284 g/mol. The summed E-state index contributed by atoms with van der Waals surface area (Å²) in [6.45, 7) is 14.0. The van der Waals surface area contributed by atoms with E-state index in [0.29, 0.717) is 5.70 Å². The van der Waals surface area contributed by atoms with E-state index in [-0.39, 0.29) is 0 Å². The molecule has 0 aromatic heterocycles. The number of hydrogen-bond donors (Lipinski definition) is 1. The standard InChI is InChI=1S/C20H32N2O/c1-5-6-10-19(17(2)3)20(21)12-11-18(4)23-16-15-22-13-8-7-9-14-22/h5-6,10-12H,2,7-9,13-16,21H2,1,3-4H3/b6-5-,18-11+,19-10+,20-12+. The summed E-state index contributed by atoms with van der Waals surface area (Å²) in [7, 11) is 0. The molecule has 2 N–H and O–H groups in total. The van der Waals surface area contributed by atoms with Crippen LogP contribution in [-0.2, 0) is 4.74 Å². The van der Waals surface area contributed by atoms with Crippen LogP contribution in [0, 0.1) is 0 Å². The van der Waals surface area contributed by atoms with Gasteiger partial charge in [0, 0.05) is 12.2 Å². The topological polar surface area (TPSA) is 38.5 Å². The Labute approximate surface area is 141 Å².